The smallest absolute Gasteiger partial charge is 0.255 e. The number of Topliss-reactive ketones (excluding diaryl/α,β-unsaturated/α-hetero) is 2. The number of carbonyl (C=O) groups is 3. The summed E-state index contributed by atoms with van der Waals surface area (Å²) in [7, 11) is 2.90. The number of halogens is 1. The average molecular weight is 462 g/mol. The molecule has 1 aromatic carbocycles. The van der Waals surface area contributed by atoms with E-state index in [1.54, 1.807) is 6.92 Å². The SMILES string of the molecule is C[C@H]1c2ccc(F)c(O)c2C(=O)C2=C(O)[C@]3(O)C(=O)C(C(N)=O)=C(O)[C@@H](N(C)C)[C@@H]3[C@@H](O)[C@@H]21. The first-order valence-electron chi connectivity index (χ1n) is 10.1. The van der Waals surface area contributed by atoms with Crippen LogP contribution < -0.4 is 5.73 Å². The first-order valence-corrected chi connectivity index (χ1v) is 10.1. The molecule has 3 aliphatic rings. The molecule has 10 nitrogen and oxygen atoms in total. The van der Waals surface area contributed by atoms with Gasteiger partial charge < -0.3 is 31.3 Å². The van der Waals surface area contributed by atoms with Crippen LogP contribution in [0.5, 0.6) is 5.75 Å². The normalized spacial score (nSPS) is 33.7. The molecular weight excluding hydrogens is 439 g/mol. The van der Waals surface area contributed by atoms with Crippen LogP contribution in [0, 0.1) is 17.7 Å². The summed E-state index contributed by atoms with van der Waals surface area (Å²) in [6, 6.07) is 0.893. The lowest BCUT2D eigenvalue weighted by atomic mass is 9.55. The third-order valence-electron chi connectivity index (χ3n) is 7.08. The van der Waals surface area contributed by atoms with Crippen LogP contribution >= 0.6 is 0 Å². The van der Waals surface area contributed by atoms with Crippen molar-refractivity contribution < 1.29 is 44.3 Å². The van der Waals surface area contributed by atoms with E-state index in [0.29, 0.717) is 0 Å². The molecule has 0 bridgehead atoms. The fourth-order valence-electron chi connectivity index (χ4n) is 5.60. The van der Waals surface area contributed by atoms with Crippen molar-refractivity contribution in [1.82, 2.24) is 4.90 Å². The average Bonchev–Trinajstić information content (AvgIpc) is 2.72. The third-order valence-corrected chi connectivity index (χ3v) is 7.08. The summed E-state index contributed by atoms with van der Waals surface area (Å²) in [5.41, 5.74) is 0.426. The van der Waals surface area contributed by atoms with E-state index in [9.17, 15) is 44.3 Å². The molecule has 4 rings (SSSR count). The number of hydrogen-bond donors (Lipinski definition) is 6. The molecule has 0 aromatic heterocycles. The van der Waals surface area contributed by atoms with Crippen LogP contribution in [0.25, 0.3) is 0 Å². The second-order valence-electron chi connectivity index (χ2n) is 8.91. The van der Waals surface area contributed by atoms with Crippen LogP contribution in [0.1, 0.15) is 28.8 Å². The summed E-state index contributed by atoms with van der Waals surface area (Å²) in [4.78, 5) is 39.7. The quantitative estimate of drug-likeness (QED) is 0.324. The number of phenolic OH excluding ortho intramolecular Hbond substituents is 1. The molecule has 0 spiro atoms. The van der Waals surface area contributed by atoms with Crippen molar-refractivity contribution in [2.45, 2.75) is 30.6 Å². The van der Waals surface area contributed by atoms with Gasteiger partial charge in [0.2, 0.25) is 5.78 Å². The van der Waals surface area contributed by atoms with Crippen molar-refractivity contribution in [1.29, 1.82) is 0 Å². The number of rotatable bonds is 2. The lowest BCUT2D eigenvalue weighted by Gasteiger charge is -2.53. The van der Waals surface area contributed by atoms with Gasteiger partial charge in [-0.25, -0.2) is 4.39 Å². The van der Waals surface area contributed by atoms with E-state index in [4.69, 9.17) is 5.73 Å². The Morgan fingerprint density at radius 1 is 1.18 bits per heavy atom. The van der Waals surface area contributed by atoms with E-state index >= 15 is 0 Å². The van der Waals surface area contributed by atoms with E-state index in [-0.39, 0.29) is 5.56 Å². The van der Waals surface area contributed by atoms with Crippen LogP contribution in [0.3, 0.4) is 0 Å². The Morgan fingerprint density at radius 2 is 1.79 bits per heavy atom. The van der Waals surface area contributed by atoms with Crippen molar-refractivity contribution in [3.05, 3.63) is 51.7 Å². The highest BCUT2D eigenvalue weighted by Crippen LogP contribution is 2.55. The Bertz CT molecular complexity index is 1190. The van der Waals surface area contributed by atoms with Crippen LogP contribution in [0.4, 0.5) is 4.39 Å². The van der Waals surface area contributed by atoms with Gasteiger partial charge in [0.05, 0.1) is 23.6 Å². The number of nitrogens with two attached hydrogens (primary N) is 1. The van der Waals surface area contributed by atoms with Crippen LogP contribution in [-0.2, 0) is 9.59 Å². The van der Waals surface area contributed by atoms with Crippen molar-refractivity contribution in [3.8, 4) is 5.75 Å². The van der Waals surface area contributed by atoms with Gasteiger partial charge in [-0.3, -0.25) is 19.3 Å². The number of nitrogens with zero attached hydrogens (tertiary/aromatic N) is 1. The molecule has 0 radical (unpaired) electrons. The van der Waals surface area contributed by atoms with Gasteiger partial charge in [-0.15, -0.1) is 0 Å². The maximum absolute atomic E-state index is 14.0. The highest BCUT2D eigenvalue weighted by atomic mass is 19.1. The zero-order chi connectivity index (χ0) is 24.7. The number of phenols is 1. The Hall–Kier alpha value is -3.28. The molecular formula is C22H23FN2O8. The Kier molecular flexibility index (Phi) is 4.93. The minimum absolute atomic E-state index is 0.200. The van der Waals surface area contributed by atoms with E-state index in [1.165, 1.54) is 25.1 Å². The van der Waals surface area contributed by atoms with Crippen molar-refractivity contribution in [3.63, 3.8) is 0 Å². The first kappa shape index (κ1) is 22.9. The molecule has 0 saturated carbocycles. The summed E-state index contributed by atoms with van der Waals surface area (Å²) in [6.45, 7) is 1.56. The topological polar surface area (TPSA) is 182 Å². The molecule has 0 unspecified atom stereocenters. The number of fused-ring (bicyclic) bond motifs is 3. The molecule has 6 atom stereocenters. The first-order chi connectivity index (χ1) is 15.3. The molecule has 1 amide bonds. The molecule has 0 fully saturated rings. The fourth-order valence-corrected chi connectivity index (χ4v) is 5.60. The summed E-state index contributed by atoms with van der Waals surface area (Å²) in [5.74, 6) is -11.5. The third kappa shape index (κ3) is 2.66. The Morgan fingerprint density at radius 3 is 2.33 bits per heavy atom. The van der Waals surface area contributed by atoms with Crippen LogP contribution in [0.2, 0.25) is 0 Å². The van der Waals surface area contributed by atoms with Gasteiger partial charge in [-0.2, -0.15) is 0 Å². The van der Waals surface area contributed by atoms with Gasteiger partial charge in [0.1, 0.15) is 17.1 Å². The zero-order valence-electron chi connectivity index (χ0n) is 17.9. The number of benzene rings is 1. The number of likely N-dealkylation sites (N-methyl/N-ethyl adjacent to an activating group) is 1. The molecule has 33 heavy (non-hydrogen) atoms. The standard InChI is InChI=1S/C22H23FN2O8/c1-6-7-4-5-8(23)15(26)10(7)16(27)11-9(6)17(28)13-14(25(2)3)18(29)12(21(24)32)20(31)22(13,33)19(11)30/h4-6,9,13-14,17,26,28-30,33H,1-3H3,(H2,24,32)/t6-,9+,13+,14-,17-,22-/m0/s1. The lowest BCUT2D eigenvalue weighted by Crippen LogP contribution is -2.68. The lowest BCUT2D eigenvalue weighted by molar-refractivity contribution is -0.162. The van der Waals surface area contributed by atoms with Gasteiger partial charge in [0.25, 0.3) is 5.91 Å². The van der Waals surface area contributed by atoms with Gasteiger partial charge >= 0.3 is 0 Å². The van der Waals surface area contributed by atoms with Crippen molar-refractivity contribution in [2.24, 2.45) is 17.6 Å². The molecule has 176 valence electrons. The Labute approximate surface area is 187 Å². The van der Waals surface area contributed by atoms with E-state index in [2.05, 4.69) is 0 Å². The maximum Gasteiger partial charge on any atom is 0.255 e. The van der Waals surface area contributed by atoms with Gasteiger partial charge in [0.15, 0.2) is 23.0 Å². The molecule has 0 heterocycles. The van der Waals surface area contributed by atoms with E-state index < -0.39 is 92.8 Å². The predicted molar refractivity (Wildman–Crippen MR) is 110 cm³/mol. The minimum Gasteiger partial charge on any atom is -0.510 e. The predicted octanol–water partition coefficient (Wildman–Crippen LogP) is -0.208. The Balaban J connectivity index is 2.07. The maximum atomic E-state index is 14.0. The molecule has 7 N–H and O–H groups in total. The number of amides is 1. The number of ketones is 2. The molecule has 3 aliphatic carbocycles. The number of primary amides is 1. The number of aromatic hydroxyl groups is 1. The fraction of sp³-hybridized carbons (Fsp3) is 0.409. The monoisotopic (exact) mass is 462 g/mol. The second kappa shape index (κ2) is 7.11. The summed E-state index contributed by atoms with van der Waals surface area (Å²) in [6.07, 6.45) is -1.69. The molecule has 11 heteroatoms. The van der Waals surface area contributed by atoms with E-state index in [0.717, 1.165) is 6.07 Å². The van der Waals surface area contributed by atoms with Gasteiger partial charge in [-0.05, 0) is 31.6 Å². The number of hydrogen-bond acceptors (Lipinski definition) is 9. The van der Waals surface area contributed by atoms with Gasteiger partial charge in [0, 0.05) is 11.5 Å². The number of aliphatic hydroxyl groups is 4. The van der Waals surface area contributed by atoms with Gasteiger partial charge in [-0.1, -0.05) is 13.0 Å². The van der Waals surface area contributed by atoms with Crippen LogP contribution in [0.15, 0.2) is 34.8 Å². The second-order valence-corrected chi connectivity index (χ2v) is 8.91. The highest BCUT2D eigenvalue weighted by Gasteiger charge is 2.67. The number of aliphatic hydroxyl groups excluding tert-OH is 3. The summed E-state index contributed by atoms with van der Waals surface area (Å²) < 4.78 is 14.0. The molecule has 1 aromatic rings. The van der Waals surface area contributed by atoms with Crippen molar-refractivity contribution in [2.75, 3.05) is 14.1 Å². The summed E-state index contributed by atoms with van der Waals surface area (Å²) in [5, 5.41) is 54.9. The highest BCUT2D eigenvalue weighted by molar-refractivity contribution is 6.25. The van der Waals surface area contributed by atoms with Crippen molar-refractivity contribution >= 4 is 17.5 Å². The zero-order valence-corrected chi connectivity index (χ0v) is 17.9. The number of carbonyl (C=O) groups excluding carboxylic acids is 3. The minimum atomic E-state index is -2.99. The van der Waals surface area contributed by atoms with E-state index in [1.807, 2.05) is 0 Å². The summed E-state index contributed by atoms with van der Waals surface area (Å²) >= 11 is 0. The molecule has 0 aliphatic heterocycles. The van der Waals surface area contributed by atoms with Crippen LogP contribution in [-0.4, -0.2) is 79.7 Å². The largest absolute Gasteiger partial charge is 0.510 e. The molecule has 0 saturated heterocycles.